The summed E-state index contributed by atoms with van der Waals surface area (Å²) in [6.07, 6.45) is 1.85. The maximum atomic E-state index is 13.3. The lowest BCUT2D eigenvalue weighted by Gasteiger charge is -2.31. The van der Waals surface area contributed by atoms with Crippen LogP contribution in [0.3, 0.4) is 0 Å². The van der Waals surface area contributed by atoms with E-state index in [9.17, 15) is 18.0 Å². The number of nitrogens with one attached hydrogen (secondary N) is 1. The van der Waals surface area contributed by atoms with E-state index in [0.29, 0.717) is 27.9 Å². The van der Waals surface area contributed by atoms with Gasteiger partial charge in [-0.2, -0.15) is 0 Å². The molecule has 2 rings (SSSR count). The molecule has 0 aromatic heterocycles. The SMILES string of the molecule is CC[C@@H](C(=O)NC)N(Cc1ccc(Cl)c(Cl)c1)C(=O)CCCN(c1ccc(OC)cc1)S(C)(=O)=O. The van der Waals surface area contributed by atoms with E-state index in [0.717, 1.165) is 11.8 Å². The van der Waals surface area contributed by atoms with Gasteiger partial charge in [-0.1, -0.05) is 36.2 Å². The number of benzene rings is 2. The van der Waals surface area contributed by atoms with Crippen molar-refractivity contribution < 1.29 is 22.7 Å². The highest BCUT2D eigenvalue weighted by Gasteiger charge is 2.28. The largest absolute Gasteiger partial charge is 0.497 e. The Morgan fingerprint density at radius 3 is 2.26 bits per heavy atom. The van der Waals surface area contributed by atoms with Crippen LogP contribution in [0.25, 0.3) is 0 Å². The molecule has 35 heavy (non-hydrogen) atoms. The summed E-state index contributed by atoms with van der Waals surface area (Å²) >= 11 is 12.1. The van der Waals surface area contributed by atoms with Gasteiger partial charge in [0, 0.05) is 26.6 Å². The molecular weight excluding hydrogens is 513 g/mol. The number of ether oxygens (including phenoxy) is 1. The minimum absolute atomic E-state index is 0.0526. The Balaban J connectivity index is 2.20. The number of methoxy groups -OCH3 is 1. The first-order chi connectivity index (χ1) is 16.5. The van der Waals surface area contributed by atoms with Crippen molar-refractivity contribution >= 4 is 50.7 Å². The number of hydrogen-bond donors (Lipinski definition) is 1. The van der Waals surface area contributed by atoms with E-state index >= 15 is 0 Å². The Hall–Kier alpha value is -2.49. The Bertz CT molecular complexity index is 1130. The number of sulfonamides is 1. The third kappa shape index (κ3) is 8.02. The van der Waals surface area contributed by atoms with Crippen LogP contribution in [0.5, 0.6) is 5.75 Å². The number of halogens is 2. The van der Waals surface area contributed by atoms with E-state index in [-0.39, 0.29) is 37.7 Å². The van der Waals surface area contributed by atoms with Crippen LogP contribution in [0.4, 0.5) is 5.69 Å². The molecule has 0 heterocycles. The molecule has 0 radical (unpaired) electrons. The summed E-state index contributed by atoms with van der Waals surface area (Å²) in [7, 11) is -0.527. The van der Waals surface area contributed by atoms with Gasteiger partial charge in [-0.25, -0.2) is 8.42 Å². The highest BCUT2D eigenvalue weighted by molar-refractivity contribution is 7.92. The zero-order chi connectivity index (χ0) is 26.2. The lowest BCUT2D eigenvalue weighted by atomic mass is 10.1. The van der Waals surface area contributed by atoms with Gasteiger partial charge in [0.1, 0.15) is 11.8 Å². The maximum absolute atomic E-state index is 13.3. The van der Waals surface area contributed by atoms with E-state index in [1.54, 1.807) is 42.5 Å². The van der Waals surface area contributed by atoms with Gasteiger partial charge in [0.15, 0.2) is 0 Å². The van der Waals surface area contributed by atoms with E-state index in [2.05, 4.69) is 5.32 Å². The van der Waals surface area contributed by atoms with Crippen molar-refractivity contribution in [3.63, 3.8) is 0 Å². The number of anilines is 1. The second kappa shape index (κ2) is 13.0. The topological polar surface area (TPSA) is 96.0 Å². The predicted octanol–water partition coefficient (Wildman–Crippen LogP) is 4.10. The predicted molar refractivity (Wildman–Crippen MR) is 140 cm³/mol. The molecule has 0 fully saturated rings. The quantitative estimate of drug-likeness (QED) is 0.434. The first kappa shape index (κ1) is 28.7. The summed E-state index contributed by atoms with van der Waals surface area (Å²) in [4.78, 5) is 27.3. The molecule has 0 unspecified atom stereocenters. The van der Waals surface area contributed by atoms with Gasteiger partial charge in [0.05, 0.1) is 29.1 Å². The summed E-state index contributed by atoms with van der Waals surface area (Å²) in [5.41, 5.74) is 1.20. The molecule has 1 N–H and O–H groups in total. The van der Waals surface area contributed by atoms with Crippen LogP contribution in [-0.2, 0) is 26.2 Å². The van der Waals surface area contributed by atoms with Crippen molar-refractivity contribution in [1.29, 1.82) is 0 Å². The first-order valence-electron chi connectivity index (χ1n) is 11.1. The van der Waals surface area contributed by atoms with Crippen LogP contribution >= 0.6 is 23.2 Å². The molecule has 0 aliphatic heterocycles. The van der Waals surface area contributed by atoms with Crippen LogP contribution < -0.4 is 14.4 Å². The fourth-order valence-electron chi connectivity index (χ4n) is 3.67. The van der Waals surface area contributed by atoms with Gasteiger partial charge < -0.3 is 15.0 Å². The second-order valence-corrected chi connectivity index (χ2v) is 10.7. The minimum Gasteiger partial charge on any atom is -0.497 e. The van der Waals surface area contributed by atoms with Gasteiger partial charge in [0.25, 0.3) is 0 Å². The van der Waals surface area contributed by atoms with E-state index in [4.69, 9.17) is 27.9 Å². The molecule has 1 atom stereocenters. The summed E-state index contributed by atoms with van der Waals surface area (Å²) in [5.74, 6) is 0.0572. The van der Waals surface area contributed by atoms with Crippen molar-refractivity contribution in [2.24, 2.45) is 0 Å². The number of amides is 2. The van der Waals surface area contributed by atoms with Crippen molar-refractivity contribution in [3.8, 4) is 5.75 Å². The number of rotatable bonds is 12. The zero-order valence-corrected chi connectivity index (χ0v) is 22.6. The zero-order valence-electron chi connectivity index (χ0n) is 20.3. The van der Waals surface area contributed by atoms with Crippen LogP contribution in [0.2, 0.25) is 10.0 Å². The molecule has 0 saturated carbocycles. The lowest BCUT2D eigenvalue weighted by molar-refractivity contribution is -0.141. The van der Waals surface area contributed by atoms with Crippen molar-refractivity contribution in [3.05, 3.63) is 58.1 Å². The molecule has 0 aliphatic rings. The van der Waals surface area contributed by atoms with Crippen LogP contribution in [0, 0.1) is 0 Å². The van der Waals surface area contributed by atoms with Gasteiger partial charge in [-0.3, -0.25) is 13.9 Å². The molecule has 0 aliphatic carbocycles. The average Bonchev–Trinajstić information content (AvgIpc) is 2.82. The number of hydrogen-bond acceptors (Lipinski definition) is 5. The Labute approximate surface area is 217 Å². The van der Waals surface area contributed by atoms with Gasteiger partial charge >= 0.3 is 0 Å². The first-order valence-corrected chi connectivity index (χ1v) is 13.7. The highest BCUT2D eigenvalue weighted by Crippen LogP contribution is 2.25. The monoisotopic (exact) mass is 543 g/mol. The molecule has 0 saturated heterocycles. The second-order valence-electron chi connectivity index (χ2n) is 7.95. The Kier molecular flexibility index (Phi) is 10.7. The Morgan fingerprint density at radius 2 is 1.74 bits per heavy atom. The normalized spacial score (nSPS) is 12.1. The molecule has 2 aromatic rings. The van der Waals surface area contributed by atoms with Crippen LogP contribution in [0.1, 0.15) is 31.7 Å². The minimum atomic E-state index is -3.58. The van der Waals surface area contributed by atoms with Gasteiger partial charge in [-0.05, 0) is 54.8 Å². The summed E-state index contributed by atoms with van der Waals surface area (Å²) in [5, 5.41) is 3.35. The maximum Gasteiger partial charge on any atom is 0.242 e. The number of likely N-dealkylation sites (N-methyl/N-ethyl adjacent to an activating group) is 1. The molecule has 2 amide bonds. The van der Waals surface area contributed by atoms with Crippen molar-refractivity contribution in [2.75, 3.05) is 31.3 Å². The molecule has 0 bridgehead atoms. The number of carbonyl (C=O) groups is 2. The summed E-state index contributed by atoms with van der Waals surface area (Å²) in [6.45, 7) is 2.09. The van der Waals surface area contributed by atoms with Gasteiger partial charge in [-0.15, -0.1) is 0 Å². The fourth-order valence-corrected chi connectivity index (χ4v) is 4.96. The van der Waals surface area contributed by atoms with Gasteiger partial charge in [0.2, 0.25) is 21.8 Å². The third-order valence-electron chi connectivity index (χ3n) is 5.48. The summed E-state index contributed by atoms with van der Waals surface area (Å²) in [6, 6.07) is 11.0. The smallest absolute Gasteiger partial charge is 0.242 e. The standard InChI is InChI=1S/C24H31Cl2N3O5S/c1-5-22(24(31)27-2)28(16-17-8-13-20(25)21(26)15-17)23(30)7-6-14-29(35(4,32)33)18-9-11-19(34-3)12-10-18/h8-13,15,22H,5-7,14,16H2,1-4H3,(H,27,31)/t22-/m0/s1. The molecule has 11 heteroatoms. The van der Waals surface area contributed by atoms with Crippen molar-refractivity contribution in [2.45, 2.75) is 38.8 Å². The lowest BCUT2D eigenvalue weighted by Crippen LogP contribution is -2.48. The summed E-state index contributed by atoms with van der Waals surface area (Å²) < 4.78 is 31.2. The number of carbonyl (C=O) groups excluding carboxylic acids is 2. The molecule has 0 spiro atoms. The van der Waals surface area contributed by atoms with Crippen molar-refractivity contribution in [1.82, 2.24) is 10.2 Å². The highest BCUT2D eigenvalue weighted by atomic mass is 35.5. The molecule has 2 aromatic carbocycles. The fraction of sp³-hybridized carbons (Fsp3) is 0.417. The van der Waals surface area contributed by atoms with Crippen LogP contribution in [-0.4, -0.2) is 58.1 Å². The Morgan fingerprint density at radius 1 is 1.09 bits per heavy atom. The van der Waals surface area contributed by atoms with E-state index in [1.165, 1.54) is 23.4 Å². The number of nitrogens with zero attached hydrogens (tertiary/aromatic N) is 2. The van der Waals surface area contributed by atoms with E-state index in [1.807, 2.05) is 6.92 Å². The van der Waals surface area contributed by atoms with E-state index < -0.39 is 16.1 Å². The average molecular weight is 545 g/mol. The molecule has 8 nitrogen and oxygen atoms in total. The third-order valence-corrected chi connectivity index (χ3v) is 7.41. The molecule has 192 valence electrons. The molecular formula is C24H31Cl2N3O5S. The van der Waals surface area contributed by atoms with Crippen LogP contribution in [0.15, 0.2) is 42.5 Å².